The zero-order valence-electron chi connectivity index (χ0n) is 16.4. The molecule has 6 nitrogen and oxygen atoms in total. The molecule has 3 rings (SSSR count). The summed E-state index contributed by atoms with van der Waals surface area (Å²) in [7, 11) is -0.668. The van der Waals surface area contributed by atoms with Crippen LogP contribution in [0.15, 0.2) is 75.1 Å². The highest BCUT2D eigenvalue weighted by molar-refractivity contribution is 7.98. The number of rotatable bonds is 7. The van der Waals surface area contributed by atoms with Crippen LogP contribution in [0, 0.1) is 6.92 Å². The number of furan rings is 1. The molecule has 29 heavy (non-hydrogen) atoms. The van der Waals surface area contributed by atoms with Crippen molar-refractivity contribution in [3.05, 3.63) is 77.7 Å². The Balaban J connectivity index is 1.77. The van der Waals surface area contributed by atoms with E-state index in [9.17, 15) is 13.2 Å². The Hall–Kier alpha value is -2.55. The predicted octanol–water partition coefficient (Wildman–Crippen LogP) is 4.38. The van der Waals surface area contributed by atoms with Gasteiger partial charge in [-0.1, -0.05) is 24.3 Å². The van der Waals surface area contributed by atoms with Crippen LogP contribution in [0.2, 0.25) is 0 Å². The summed E-state index contributed by atoms with van der Waals surface area (Å²) >= 11 is 1.60. The third-order valence-electron chi connectivity index (χ3n) is 4.30. The van der Waals surface area contributed by atoms with E-state index in [0.717, 1.165) is 14.8 Å². The summed E-state index contributed by atoms with van der Waals surface area (Å²) in [5, 5.41) is 2.74. The zero-order valence-corrected chi connectivity index (χ0v) is 18.0. The lowest BCUT2D eigenvalue weighted by atomic mass is 10.2. The molecule has 0 unspecified atom stereocenters. The molecule has 3 aromatic rings. The first-order chi connectivity index (χ1) is 13.8. The number of carbonyl (C=O) groups excluding carboxylic acids is 1. The Morgan fingerprint density at radius 1 is 1.10 bits per heavy atom. The Morgan fingerprint density at radius 2 is 1.83 bits per heavy atom. The van der Waals surface area contributed by atoms with Crippen molar-refractivity contribution in [3.63, 3.8) is 0 Å². The van der Waals surface area contributed by atoms with Crippen LogP contribution in [-0.2, 0) is 15.8 Å². The first-order valence-electron chi connectivity index (χ1n) is 8.88. The smallest absolute Gasteiger partial charge is 0.291 e. The van der Waals surface area contributed by atoms with Gasteiger partial charge < -0.3 is 9.73 Å². The van der Waals surface area contributed by atoms with Crippen LogP contribution in [0.25, 0.3) is 0 Å². The van der Waals surface area contributed by atoms with Crippen molar-refractivity contribution in [2.24, 2.45) is 0 Å². The van der Waals surface area contributed by atoms with E-state index in [0.29, 0.717) is 17.0 Å². The van der Waals surface area contributed by atoms with E-state index in [4.69, 9.17) is 4.42 Å². The fourth-order valence-electron chi connectivity index (χ4n) is 2.67. The largest absolute Gasteiger partial charge is 0.459 e. The lowest BCUT2D eigenvalue weighted by Crippen LogP contribution is -2.23. The second-order valence-electron chi connectivity index (χ2n) is 6.60. The van der Waals surface area contributed by atoms with Crippen LogP contribution >= 0.6 is 11.8 Å². The van der Waals surface area contributed by atoms with Crippen LogP contribution in [-0.4, -0.2) is 32.7 Å². The van der Waals surface area contributed by atoms with E-state index in [1.165, 1.54) is 26.4 Å². The van der Waals surface area contributed by atoms with Crippen molar-refractivity contribution in [2.45, 2.75) is 22.5 Å². The molecule has 1 aromatic heterocycles. The van der Waals surface area contributed by atoms with Crippen molar-refractivity contribution < 1.29 is 17.6 Å². The third-order valence-corrected chi connectivity index (χ3v) is 7.31. The quantitative estimate of drug-likeness (QED) is 0.563. The number of amides is 1. The standard InChI is InChI=1S/C21H22N2O4S2/c1-15-9-10-17(13-19(15)29(25,26)23(2)3)22-21(24)20-16(11-12-27-20)14-28-18-7-5-4-6-8-18/h4-13H,14H2,1-3H3,(H,22,24). The molecule has 0 aliphatic rings. The number of nitrogens with one attached hydrogen (secondary N) is 1. The molecule has 0 bridgehead atoms. The minimum absolute atomic E-state index is 0.152. The third kappa shape index (κ3) is 4.90. The second-order valence-corrected chi connectivity index (χ2v) is 9.77. The zero-order chi connectivity index (χ0) is 21.0. The molecule has 0 spiro atoms. The number of hydrogen-bond acceptors (Lipinski definition) is 5. The Kier molecular flexibility index (Phi) is 6.46. The van der Waals surface area contributed by atoms with E-state index in [1.807, 2.05) is 30.3 Å². The van der Waals surface area contributed by atoms with Crippen molar-refractivity contribution in [3.8, 4) is 0 Å². The van der Waals surface area contributed by atoms with E-state index >= 15 is 0 Å². The second kappa shape index (κ2) is 8.86. The highest BCUT2D eigenvalue weighted by Crippen LogP contribution is 2.26. The average molecular weight is 431 g/mol. The number of hydrogen-bond donors (Lipinski definition) is 1. The minimum atomic E-state index is -3.61. The molecular weight excluding hydrogens is 408 g/mol. The summed E-state index contributed by atoms with van der Waals surface area (Å²) in [6, 6.07) is 16.4. The SMILES string of the molecule is Cc1ccc(NC(=O)c2occc2CSc2ccccc2)cc1S(=O)(=O)N(C)C. The maximum Gasteiger partial charge on any atom is 0.291 e. The van der Waals surface area contributed by atoms with Gasteiger partial charge in [-0.15, -0.1) is 11.8 Å². The number of benzene rings is 2. The topological polar surface area (TPSA) is 79.6 Å². The molecule has 0 atom stereocenters. The first-order valence-corrected chi connectivity index (χ1v) is 11.3. The maximum atomic E-state index is 12.7. The van der Waals surface area contributed by atoms with Gasteiger partial charge in [0, 0.05) is 36.0 Å². The summed E-state index contributed by atoms with van der Waals surface area (Å²) in [5.74, 6) is 0.374. The van der Waals surface area contributed by atoms with Gasteiger partial charge in [-0.2, -0.15) is 0 Å². The van der Waals surface area contributed by atoms with E-state index < -0.39 is 15.9 Å². The highest BCUT2D eigenvalue weighted by atomic mass is 32.2. The monoisotopic (exact) mass is 430 g/mol. The van der Waals surface area contributed by atoms with Gasteiger partial charge in [-0.05, 0) is 42.8 Å². The van der Waals surface area contributed by atoms with Crippen molar-refractivity contribution in [1.29, 1.82) is 0 Å². The molecule has 0 aliphatic heterocycles. The number of anilines is 1. The lowest BCUT2D eigenvalue weighted by molar-refractivity contribution is 0.0995. The predicted molar refractivity (Wildman–Crippen MR) is 115 cm³/mol. The Morgan fingerprint density at radius 3 is 2.52 bits per heavy atom. The molecular formula is C21H22N2O4S2. The molecule has 0 saturated heterocycles. The first kappa shape index (κ1) is 21.2. The van der Waals surface area contributed by atoms with Crippen molar-refractivity contribution >= 4 is 33.4 Å². The molecule has 1 amide bonds. The Bertz CT molecular complexity index is 1110. The molecule has 1 heterocycles. The van der Waals surface area contributed by atoms with Crippen LogP contribution in [0.5, 0.6) is 0 Å². The normalized spacial score (nSPS) is 11.6. The van der Waals surface area contributed by atoms with Gasteiger partial charge in [0.15, 0.2) is 5.76 Å². The van der Waals surface area contributed by atoms with Gasteiger partial charge in [-0.3, -0.25) is 4.79 Å². The summed E-state index contributed by atoms with van der Waals surface area (Å²) in [6.07, 6.45) is 1.48. The number of carbonyl (C=O) groups is 1. The molecule has 152 valence electrons. The van der Waals surface area contributed by atoms with Crippen molar-refractivity contribution in [2.75, 3.05) is 19.4 Å². The lowest BCUT2D eigenvalue weighted by Gasteiger charge is -2.15. The number of aryl methyl sites for hydroxylation is 1. The van der Waals surface area contributed by atoms with Crippen molar-refractivity contribution in [1.82, 2.24) is 4.31 Å². The molecule has 0 saturated carbocycles. The molecule has 0 aliphatic carbocycles. The molecule has 8 heteroatoms. The molecule has 1 N–H and O–H groups in total. The highest BCUT2D eigenvalue weighted by Gasteiger charge is 2.21. The van der Waals surface area contributed by atoms with E-state index in [1.54, 1.807) is 36.9 Å². The van der Waals surface area contributed by atoms with Gasteiger partial charge in [0.25, 0.3) is 5.91 Å². The van der Waals surface area contributed by atoms with Gasteiger partial charge in [0.1, 0.15) is 0 Å². The summed E-state index contributed by atoms with van der Waals surface area (Å²) in [4.78, 5) is 14.0. The maximum absolute atomic E-state index is 12.7. The van der Waals surface area contributed by atoms with Gasteiger partial charge in [-0.25, -0.2) is 12.7 Å². The van der Waals surface area contributed by atoms with E-state index in [2.05, 4.69) is 5.32 Å². The average Bonchev–Trinajstić information content (AvgIpc) is 3.17. The number of thioether (sulfide) groups is 1. The molecule has 0 fully saturated rings. The fraction of sp³-hybridized carbons (Fsp3) is 0.190. The van der Waals surface area contributed by atoms with Crippen LogP contribution in [0.1, 0.15) is 21.7 Å². The van der Waals surface area contributed by atoms with E-state index in [-0.39, 0.29) is 10.7 Å². The molecule has 0 radical (unpaired) electrons. The van der Waals surface area contributed by atoms with Crippen LogP contribution < -0.4 is 5.32 Å². The number of sulfonamides is 1. The molecule has 2 aromatic carbocycles. The summed E-state index contributed by atoms with van der Waals surface area (Å²) in [6.45, 7) is 1.72. The summed E-state index contributed by atoms with van der Waals surface area (Å²) in [5.41, 5.74) is 1.76. The number of nitrogens with zero attached hydrogens (tertiary/aromatic N) is 1. The van der Waals surface area contributed by atoms with Crippen LogP contribution in [0.3, 0.4) is 0 Å². The fourth-order valence-corrected chi connectivity index (χ4v) is 4.71. The Labute approximate surface area is 175 Å². The minimum Gasteiger partial charge on any atom is -0.459 e. The van der Waals surface area contributed by atoms with Crippen LogP contribution in [0.4, 0.5) is 5.69 Å². The van der Waals surface area contributed by atoms with Gasteiger partial charge >= 0.3 is 0 Å². The van der Waals surface area contributed by atoms with Gasteiger partial charge in [0.05, 0.1) is 11.2 Å². The summed E-state index contributed by atoms with van der Waals surface area (Å²) < 4.78 is 31.5. The van der Waals surface area contributed by atoms with Gasteiger partial charge in [0.2, 0.25) is 10.0 Å².